The average Bonchev–Trinajstić information content (AvgIpc) is 2.55. The van der Waals surface area contributed by atoms with Gasteiger partial charge >= 0.3 is 0 Å². The van der Waals surface area contributed by atoms with Crippen LogP contribution in [0.5, 0.6) is 0 Å². The highest BCUT2D eigenvalue weighted by molar-refractivity contribution is 6.85. The zero-order valence-corrected chi connectivity index (χ0v) is 18.7. The Morgan fingerprint density at radius 3 is 0.708 bits per heavy atom. The SMILES string of the molecule is Cc1c(C)c(C)c([SiH](C)c2c(C)c(C)c(C)c(C)c2C)c(C)c1C. The molecular weight excluding hydrogens is 304 g/mol. The largest absolute Gasteiger partial charge is 0.101 e. The number of rotatable bonds is 2. The van der Waals surface area contributed by atoms with Gasteiger partial charge in [-0.3, -0.25) is 0 Å². The lowest BCUT2D eigenvalue weighted by Gasteiger charge is -2.27. The van der Waals surface area contributed by atoms with Gasteiger partial charge in [0.05, 0.1) is 0 Å². The second-order valence-electron chi connectivity index (χ2n) is 7.80. The summed E-state index contributed by atoms with van der Waals surface area (Å²) in [6.45, 7) is 25.6. The smallest absolute Gasteiger partial charge is 0.0641 e. The lowest BCUT2D eigenvalue weighted by Crippen LogP contribution is -2.46. The van der Waals surface area contributed by atoms with E-state index in [2.05, 4.69) is 75.8 Å². The summed E-state index contributed by atoms with van der Waals surface area (Å²) in [5, 5.41) is 3.34. The normalized spacial score (nSPS) is 11.5. The minimum absolute atomic E-state index is 1.23. The molecule has 0 fully saturated rings. The van der Waals surface area contributed by atoms with E-state index in [-0.39, 0.29) is 0 Å². The zero-order chi connectivity index (χ0) is 18.5. The van der Waals surface area contributed by atoms with Crippen molar-refractivity contribution in [3.63, 3.8) is 0 Å². The molecule has 0 atom stereocenters. The Morgan fingerprint density at radius 2 is 0.500 bits per heavy atom. The third kappa shape index (κ3) is 2.67. The minimum atomic E-state index is -1.23. The molecule has 2 aromatic carbocycles. The van der Waals surface area contributed by atoms with Gasteiger partial charge in [-0.25, -0.2) is 0 Å². The van der Waals surface area contributed by atoms with Crippen LogP contribution in [0.3, 0.4) is 0 Å². The first-order valence-corrected chi connectivity index (χ1v) is 11.5. The van der Waals surface area contributed by atoms with Crippen molar-refractivity contribution in [1.29, 1.82) is 0 Å². The Hall–Kier alpha value is -1.34. The van der Waals surface area contributed by atoms with Crippen molar-refractivity contribution in [2.75, 3.05) is 0 Å². The van der Waals surface area contributed by atoms with Gasteiger partial charge in [0.25, 0.3) is 0 Å². The summed E-state index contributed by atoms with van der Waals surface area (Å²) < 4.78 is 0. The standard InChI is InChI=1S/C23H34Si/c1-12-14(3)18(7)22(19(8)15(12)4)24(11)23-20(9)16(5)13(2)17(6)21(23)10/h24H,1-11H3. The van der Waals surface area contributed by atoms with E-state index < -0.39 is 8.80 Å². The van der Waals surface area contributed by atoms with Crippen LogP contribution in [0.1, 0.15) is 55.6 Å². The highest BCUT2D eigenvalue weighted by Gasteiger charge is 2.24. The van der Waals surface area contributed by atoms with Crippen LogP contribution in [-0.4, -0.2) is 8.80 Å². The Bertz CT molecular complexity index is 697. The molecule has 0 aliphatic rings. The maximum Gasteiger partial charge on any atom is 0.101 e. The van der Waals surface area contributed by atoms with Gasteiger partial charge in [-0.2, -0.15) is 0 Å². The van der Waals surface area contributed by atoms with Gasteiger partial charge in [0, 0.05) is 0 Å². The van der Waals surface area contributed by atoms with E-state index in [0.29, 0.717) is 0 Å². The topological polar surface area (TPSA) is 0 Å². The number of benzene rings is 2. The first-order valence-electron chi connectivity index (χ1n) is 9.15. The van der Waals surface area contributed by atoms with E-state index in [1.54, 1.807) is 10.4 Å². The van der Waals surface area contributed by atoms with Gasteiger partial charge in [-0.05, 0) is 125 Å². The van der Waals surface area contributed by atoms with Crippen molar-refractivity contribution in [2.24, 2.45) is 0 Å². The average molecular weight is 339 g/mol. The van der Waals surface area contributed by atoms with Gasteiger partial charge in [-0.15, -0.1) is 0 Å². The molecule has 2 aromatic rings. The van der Waals surface area contributed by atoms with Gasteiger partial charge in [0.1, 0.15) is 8.80 Å². The number of hydrogen-bond donors (Lipinski definition) is 0. The van der Waals surface area contributed by atoms with E-state index >= 15 is 0 Å². The van der Waals surface area contributed by atoms with Gasteiger partial charge < -0.3 is 0 Å². The Morgan fingerprint density at radius 1 is 0.333 bits per heavy atom. The maximum atomic E-state index is 2.53. The fourth-order valence-corrected chi connectivity index (χ4v) is 8.25. The highest BCUT2D eigenvalue weighted by Crippen LogP contribution is 2.23. The summed E-state index contributed by atoms with van der Waals surface area (Å²) in [7, 11) is -1.23. The summed E-state index contributed by atoms with van der Waals surface area (Å²) in [5.41, 5.74) is 15.0. The second-order valence-corrected chi connectivity index (χ2v) is 10.4. The van der Waals surface area contributed by atoms with Crippen LogP contribution in [0.25, 0.3) is 0 Å². The summed E-state index contributed by atoms with van der Waals surface area (Å²) >= 11 is 0. The van der Waals surface area contributed by atoms with Crippen LogP contribution in [0, 0.1) is 69.2 Å². The van der Waals surface area contributed by atoms with E-state index in [1.165, 1.54) is 55.6 Å². The van der Waals surface area contributed by atoms with E-state index in [1.807, 2.05) is 0 Å². The van der Waals surface area contributed by atoms with Crippen LogP contribution in [0.15, 0.2) is 0 Å². The molecule has 0 aromatic heterocycles. The molecule has 130 valence electrons. The summed E-state index contributed by atoms with van der Waals surface area (Å²) in [6.07, 6.45) is 0. The monoisotopic (exact) mass is 338 g/mol. The van der Waals surface area contributed by atoms with Crippen LogP contribution in [0.2, 0.25) is 6.55 Å². The van der Waals surface area contributed by atoms with Crippen molar-refractivity contribution in [3.8, 4) is 0 Å². The lowest BCUT2D eigenvalue weighted by molar-refractivity contribution is 1.18. The quantitative estimate of drug-likeness (QED) is 0.694. The van der Waals surface area contributed by atoms with Crippen molar-refractivity contribution in [2.45, 2.75) is 75.8 Å². The molecule has 24 heavy (non-hydrogen) atoms. The number of hydrogen-bond acceptors (Lipinski definition) is 0. The maximum absolute atomic E-state index is 2.53. The fourth-order valence-electron chi connectivity index (χ4n) is 4.50. The first-order chi connectivity index (χ1) is 11.0. The molecule has 0 radical (unpaired) electrons. The molecule has 0 saturated heterocycles. The molecule has 0 aliphatic heterocycles. The Balaban J connectivity index is 2.84. The molecular formula is C23H34Si. The summed E-state index contributed by atoms with van der Waals surface area (Å²) in [5.74, 6) is 0. The fraction of sp³-hybridized carbons (Fsp3) is 0.478. The molecule has 0 nitrogen and oxygen atoms in total. The Kier molecular flexibility index (Phi) is 5.16. The Labute approximate surface area is 150 Å². The molecule has 0 heterocycles. The molecule has 0 saturated carbocycles. The second kappa shape index (κ2) is 6.52. The van der Waals surface area contributed by atoms with Gasteiger partial charge in [0.2, 0.25) is 0 Å². The van der Waals surface area contributed by atoms with Crippen LogP contribution >= 0.6 is 0 Å². The van der Waals surface area contributed by atoms with E-state index in [0.717, 1.165) is 0 Å². The predicted octanol–water partition coefficient (Wildman–Crippen LogP) is 4.74. The van der Waals surface area contributed by atoms with Crippen molar-refractivity contribution in [3.05, 3.63) is 55.6 Å². The molecule has 0 amide bonds. The lowest BCUT2D eigenvalue weighted by atomic mass is 9.95. The zero-order valence-electron chi connectivity index (χ0n) is 17.6. The van der Waals surface area contributed by atoms with Crippen LogP contribution in [0.4, 0.5) is 0 Å². The summed E-state index contributed by atoms with van der Waals surface area (Å²) in [4.78, 5) is 0. The molecule has 0 N–H and O–H groups in total. The van der Waals surface area contributed by atoms with E-state index in [9.17, 15) is 0 Å². The molecule has 1 heteroatoms. The third-order valence-corrected chi connectivity index (χ3v) is 10.4. The molecule has 0 spiro atoms. The third-order valence-electron chi connectivity index (χ3n) is 6.98. The van der Waals surface area contributed by atoms with Crippen LogP contribution in [-0.2, 0) is 0 Å². The minimum Gasteiger partial charge on any atom is -0.0641 e. The predicted molar refractivity (Wildman–Crippen MR) is 113 cm³/mol. The summed E-state index contributed by atoms with van der Waals surface area (Å²) in [6, 6.07) is 0. The molecule has 0 aliphatic carbocycles. The highest BCUT2D eigenvalue weighted by atomic mass is 28.3. The van der Waals surface area contributed by atoms with Crippen molar-refractivity contribution in [1.82, 2.24) is 0 Å². The molecule has 0 bridgehead atoms. The van der Waals surface area contributed by atoms with Gasteiger partial charge in [0.15, 0.2) is 0 Å². The molecule has 0 unspecified atom stereocenters. The molecule has 2 rings (SSSR count). The van der Waals surface area contributed by atoms with Crippen LogP contribution < -0.4 is 10.4 Å². The van der Waals surface area contributed by atoms with Gasteiger partial charge in [-0.1, -0.05) is 16.9 Å². The van der Waals surface area contributed by atoms with Crippen molar-refractivity contribution >= 4 is 19.2 Å². The first kappa shape index (κ1) is 19.0. The van der Waals surface area contributed by atoms with Crippen molar-refractivity contribution < 1.29 is 0 Å². The van der Waals surface area contributed by atoms with E-state index in [4.69, 9.17) is 0 Å².